The molecule has 1 atom stereocenters. The molecule has 2 heterocycles. The summed E-state index contributed by atoms with van der Waals surface area (Å²) in [5.41, 5.74) is 1.82. The highest BCUT2D eigenvalue weighted by Crippen LogP contribution is 2.30. The molecule has 0 spiro atoms. The molecule has 2 N–H and O–H groups in total. The lowest BCUT2D eigenvalue weighted by Crippen LogP contribution is -2.48. The van der Waals surface area contributed by atoms with Crippen molar-refractivity contribution in [3.05, 3.63) is 59.2 Å². The molecule has 0 aliphatic carbocycles. The SMILES string of the molecule is CCOC(=O)C1=C(CN(CC)Cc2ccc(OCC)c(OC)c2)NC(=O)NC1c1ccco1. The van der Waals surface area contributed by atoms with Crippen LogP contribution in [0.15, 0.2) is 52.3 Å². The van der Waals surface area contributed by atoms with Crippen molar-refractivity contribution in [3.8, 4) is 11.5 Å². The molecule has 9 nitrogen and oxygen atoms in total. The molecule has 0 fully saturated rings. The van der Waals surface area contributed by atoms with Crippen LogP contribution in [0.4, 0.5) is 4.79 Å². The van der Waals surface area contributed by atoms with Crippen molar-refractivity contribution >= 4 is 12.0 Å². The quantitative estimate of drug-likeness (QED) is 0.499. The Morgan fingerprint density at radius 3 is 2.58 bits per heavy atom. The van der Waals surface area contributed by atoms with Gasteiger partial charge in [0.1, 0.15) is 11.8 Å². The van der Waals surface area contributed by atoms with Crippen LogP contribution in [0.5, 0.6) is 11.5 Å². The number of carbonyl (C=O) groups excluding carboxylic acids is 2. The Bertz CT molecular complexity index is 986. The van der Waals surface area contributed by atoms with Crippen LogP contribution in [-0.4, -0.2) is 50.3 Å². The first-order valence-corrected chi connectivity index (χ1v) is 11.0. The number of benzene rings is 1. The Balaban J connectivity index is 1.89. The highest BCUT2D eigenvalue weighted by molar-refractivity contribution is 5.95. The van der Waals surface area contributed by atoms with E-state index in [4.69, 9.17) is 18.6 Å². The Morgan fingerprint density at radius 2 is 1.94 bits per heavy atom. The molecule has 1 aliphatic heterocycles. The number of nitrogens with one attached hydrogen (secondary N) is 2. The second-order valence-corrected chi connectivity index (χ2v) is 7.38. The van der Waals surface area contributed by atoms with Gasteiger partial charge >= 0.3 is 12.0 Å². The number of hydrogen-bond acceptors (Lipinski definition) is 7. The van der Waals surface area contributed by atoms with Crippen LogP contribution in [0.1, 0.15) is 38.1 Å². The van der Waals surface area contributed by atoms with E-state index in [1.54, 1.807) is 26.2 Å². The van der Waals surface area contributed by atoms with Crippen molar-refractivity contribution in [2.24, 2.45) is 0 Å². The summed E-state index contributed by atoms with van der Waals surface area (Å²) in [6.07, 6.45) is 1.50. The third-order valence-corrected chi connectivity index (χ3v) is 5.24. The predicted molar refractivity (Wildman–Crippen MR) is 122 cm³/mol. The average molecular weight is 458 g/mol. The molecule has 0 saturated heterocycles. The third kappa shape index (κ3) is 5.87. The number of amides is 2. The van der Waals surface area contributed by atoms with E-state index in [2.05, 4.69) is 15.5 Å². The number of likely N-dealkylation sites (N-methyl/N-ethyl adjacent to an activating group) is 1. The second-order valence-electron chi connectivity index (χ2n) is 7.38. The Kier molecular flexibility index (Phi) is 8.37. The van der Waals surface area contributed by atoms with Crippen molar-refractivity contribution in [2.45, 2.75) is 33.4 Å². The summed E-state index contributed by atoms with van der Waals surface area (Å²) in [7, 11) is 1.61. The fraction of sp³-hybridized carbons (Fsp3) is 0.417. The Morgan fingerprint density at radius 1 is 1.12 bits per heavy atom. The van der Waals surface area contributed by atoms with Crippen LogP contribution >= 0.6 is 0 Å². The van der Waals surface area contributed by atoms with Crippen LogP contribution in [0.25, 0.3) is 0 Å². The number of furan rings is 1. The van der Waals surface area contributed by atoms with E-state index < -0.39 is 18.0 Å². The summed E-state index contributed by atoms with van der Waals surface area (Å²) in [4.78, 5) is 27.4. The molecular weight excluding hydrogens is 426 g/mol. The van der Waals surface area contributed by atoms with Gasteiger partial charge in [0.05, 0.1) is 32.2 Å². The highest BCUT2D eigenvalue weighted by atomic mass is 16.5. The average Bonchev–Trinajstić information content (AvgIpc) is 3.34. The van der Waals surface area contributed by atoms with Gasteiger partial charge in [-0.1, -0.05) is 13.0 Å². The van der Waals surface area contributed by atoms with Gasteiger partial charge in [0.15, 0.2) is 11.5 Å². The Hall–Kier alpha value is -3.46. The van der Waals surface area contributed by atoms with Crippen LogP contribution in [0.3, 0.4) is 0 Å². The maximum Gasteiger partial charge on any atom is 0.338 e. The largest absolute Gasteiger partial charge is 0.493 e. The van der Waals surface area contributed by atoms with E-state index >= 15 is 0 Å². The van der Waals surface area contributed by atoms with E-state index in [9.17, 15) is 9.59 Å². The number of nitrogens with zero attached hydrogens (tertiary/aromatic N) is 1. The smallest absolute Gasteiger partial charge is 0.338 e. The van der Waals surface area contributed by atoms with Crippen LogP contribution < -0.4 is 20.1 Å². The topological polar surface area (TPSA) is 102 Å². The number of esters is 1. The minimum atomic E-state index is -0.730. The molecule has 3 rings (SSSR count). The van der Waals surface area contributed by atoms with Crippen LogP contribution in [-0.2, 0) is 16.1 Å². The molecule has 1 aromatic heterocycles. The molecule has 1 aromatic carbocycles. The summed E-state index contributed by atoms with van der Waals surface area (Å²) < 4.78 is 21.8. The normalized spacial score (nSPS) is 15.8. The highest BCUT2D eigenvalue weighted by Gasteiger charge is 2.35. The van der Waals surface area contributed by atoms with Gasteiger partial charge in [-0.3, -0.25) is 4.90 Å². The van der Waals surface area contributed by atoms with Crippen LogP contribution in [0, 0.1) is 0 Å². The maximum absolute atomic E-state index is 12.9. The molecule has 2 amide bonds. The summed E-state index contributed by atoms with van der Waals surface area (Å²) >= 11 is 0. The zero-order chi connectivity index (χ0) is 23.8. The van der Waals surface area contributed by atoms with Crippen molar-refractivity contribution in [3.63, 3.8) is 0 Å². The van der Waals surface area contributed by atoms with Gasteiger partial charge < -0.3 is 29.3 Å². The molecule has 0 radical (unpaired) electrons. The van der Waals surface area contributed by atoms with E-state index in [0.29, 0.717) is 54.8 Å². The van der Waals surface area contributed by atoms with Crippen molar-refractivity contribution < 1.29 is 28.2 Å². The lowest BCUT2D eigenvalue weighted by atomic mass is 9.99. The monoisotopic (exact) mass is 457 g/mol. The number of ether oxygens (including phenoxy) is 3. The molecule has 1 unspecified atom stereocenters. The van der Waals surface area contributed by atoms with Crippen molar-refractivity contribution in [1.29, 1.82) is 0 Å². The number of hydrogen-bond donors (Lipinski definition) is 2. The van der Waals surface area contributed by atoms with Crippen molar-refractivity contribution in [2.75, 3.05) is 33.4 Å². The molecule has 9 heteroatoms. The molecular formula is C24H31N3O6. The molecule has 0 bridgehead atoms. The van der Waals surface area contributed by atoms with E-state index in [0.717, 1.165) is 5.56 Å². The maximum atomic E-state index is 12.9. The van der Waals surface area contributed by atoms with E-state index in [-0.39, 0.29) is 6.61 Å². The standard InChI is InChI=1S/C24H31N3O6/c1-5-27(14-16-10-11-18(31-6-2)20(13-16)30-4)15-17-21(23(28)32-7-3)22(26-24(29)25-17)19-9-8-12-33-19/h8-13,22H,5-7,14-15H2,1-4H3,(H2,25,26,29). The second kappa shape index (κ2) is 11.4. The fourth-order valence-corrected chi connectivity index (χ4v) is 3.71. The van der Waals surface area contributed by atoms with Gasteiger partial charge in [-0.25, -0.2) is 9.59 Å². The molecule has 178 valence electrons. The van der Waals surface area contributed by atoms with Gasteiger partial charge in [0, 0.05) is 18.8 Å². The third-order valence-electron chi connectivity index (χ3n) is 5.24. The number of methoxy groups -OCH3 is 1. The lowest BCUT2D eigenvalue weighted by Gasteiger charge is -2.31. The minimum Gasteiger partial charge on any atom is -0.493 e. The summed E-state index contributed by atoms with van der Waals surface area (Å²) in [6.45, 7) is 8.05. The molecule has 1 aliphatic rings. The molecule has 2 aromatic rings. The summed E-state index contributed by atoms with van der Waals surface area (Å²) in [5.74, 6) is 1.31. The first kappa shape index (κ1) is 24.2. The zero-order valence-electron chi connectivity index (χ0n) is 19.5. The molecule has 0 saturated carbocycles. The number of urea groups is 1. The van der Waals surface area contributed by atoms with Crippen LogP contribution in [0.2, 0.25) is 0 Å². The minimum absolute atomic E-state index is 0.220. The van der Waals surface area contributed by atoms with Gasteiger partial charge in [-0.15, -0.1) is 0 Å². The number of rotatable bonds is 11. The number of carbonyl (C=O) groups is 2. The summed E-state index contributed by atoms with van der Waals surface area (Å²) in [5, 5.41) is 5.56. The molecule has 33 heavy (non-hydrogen) atoms. The summed E-state index contributed by atoms with van der Waals surface area (Å²) in [6, 6.07) is 8.09. The first-order valence-electron chi connectivity index (χ1n) is 11.0. The first-order chi connectivity index (χ1) is 16.0. The Labute approximate surface area is 193 Å². The van der Waals surface area contributed by atoms with E-state index in [1.807, 2.05) is 32.0 Å². The van der Waals surface area contributed by atoms with Gasteiger partial charge in [0.25, 0.3) is 0 Å². The van der Waals surface area contributed by atoms with Gasteiger partial charge in [-0.2, -0.15) is 0 Å². The van der Waals surface area contributed by atoms with Gasteiger partial charge in [-0.05, 0) is 50.2 Å². The zero-order valence-corrected chi connectivity index (χ0v) is 19.5. The fourth-order valence-electron chi connectivity index (χ4n) is 3.71. The van der Waals surface area contributed by atoms with E-state index in [1.165, 1.54) is 6.26 Å². The van der Waals surface area contributed by atoms with Crippen molar-refractivity contribution in [1.82, 2.24) is 15.5 Å². The predicted octanol–water partition coefficient (Wildman–Crippen LogP) is 3.38. The lowest BCUT2D eigenvalue weighted by molar-refractivity contribution is -0.139. The van der Waals surface area contributed by atoms with Gasteiger partial charge in [0.2, 0.25) is 0 Å².